The smallest absolute Gasteiger partial charge is 0.0395 e. The quantitative estimate of drug-likeness (QED) is 0.211. The largest absolute Gasteiger partial charge is 0.0839 e. The van der Waals surface area contributed by atoms with Crippen LogP contribution in [0.3, 0.4) is 0 Å². The number of hydrogen-bond acceptors (Lipinski definition) is 0. The van der Waals surface area contributed by atoms with E-state index in [4.69, 9.17) is 0 Å². The van der Waals surface area contributed by atoms with Gasteiger partial charge in [-0.05, 0) is 12.0 Å². The summed E-state index contributed by atoms with van der Waals surface area (Å²) in [6.07, 6.45) is 19.9. The first-order valence-corrected chi connectivity index (χ1v) is 10.9. The van der Waals surface area contributed by atoms with Gasteiger partial charge in [-0.25, -0.2) is 0 Å². The predicted octanol–water partition coefficient (Wildman–Crippen LogP) is 8.60. The van der Waals surface area contributed by atoms with Crippen molar-refractivity contribution >= 4 is 15.9 Å². The molecule has 0 aliphatic carbocycles. The van der Waals surface area contributed by atoms with E-state index in [0.717, 1.165) is 0 Å². The van der Waals surface area contributed by atoms with E-state index >= 15 is 0 Å². The number of benzene rings is 1. The summed E-state index contributed by atoms with van der Waals surface area (Å²) in [5.41, 5.74) is 1.42. The van der Waals surface area contributed by atoms with E-state index in [9.17, 15) is 0 Å². The predicted molar refractivity (Wildman–Crippen MR) is 108 cm³/mol. The summed E-state index contributed by atoms with van der Waals surface area (Å²) in [6, 6.07) is 10.8. The number of unbranched alkanes of at least 4 members (excludes halogenated alkanes) is 12. The monoisotopic (exact) mass is 380 g/mol. The molecule has 0 saturated heterocycles. The molecule has 1 atom stereocenters. The third-order valence-corrected chi connectivity index (χ3v) is 5.71. The Morgan fingerprint density at radius 2 is 1.09 bits per heavy atom. The molecule has 1 rings (SSSR count). The highest BCUT2D eigenvalue weighted by Gasteiger charge is 2.05. The van der Waals surface area contributed by atoms with Crippen LogP contribution in [-0.4, -0.2) is 0 Å². The lowest BCUT2D eigenvalue weighted by Crippen LogP contribution is -1.90. The molecule has 1 heteroatoms. The van der Waals surface area contributed by atoms with Crippen LogP contribution >= 0.6 is 15.9 Å². The van der Waals surface area contributed by atoms with Crippen LogP contribution in [0, 0.1) is 0 Å². The fourth-order valence-electron chi connectivity index (χ4n) is 3.17. The lowest BCUT2D eigenvalue weighted by atomic mass is 10.0. The first-order chi connectivity index (χ1) is 11.3. The Balaban J connectivity index is 1.81. The van der Waals surface area contributed by atoms with Crippen LogP contribution in [0.15, 0.2) is 30.3 Å². The van der Waals surface area contributed by atoms with E-state index in [2.05, 4.69) is 53.2 Å². The number of rotatable bonds is 15. The van der Waals surface area contributed by atoms with Gasteiger partial charge >= 0.3 is 0 Å². The molecule has 0 spiro atoms. The summed E-state index contributed by atoms with van der Waals surface area (Å²) in [4.78, 5) is 0.538. The molecular weight excluding hydrogens is 344 g/mol. The molecule has 0 aliphatic heterocycles. The van der Waals surface area contributed by atoms with Crippen molar-refractivity contribution in [3.8, 4) is 0 Å². The van der Waals surface area contributed by atoms with Gasteiger partial charge in [0.1, 0.15) is 0 Å². The highest BCUT2D eigenvalue weighted by Crippen LogP contribution is 2.28. The van der Waals surface area contributed by atoms with Crippen LogP contribution in [0.1, 0.15) is 107 Å². The Bertz CT molecular complexity index is 346. The molecule has 0 fully saturated rings. The summed E-state index contributed by atoms with van der Waals surface area (Å²) < 4.78 is 0. The van der Waals surface area contributed by atoms with Gasteiger partial charge in [-0.3, -0.25) is 0 Å². The van der Waals surface area contributed by atoms with Gasteiger partial charge in [0.15, 0.2) is 0 Å². The minimum Gasteiger partial charge on any atom is -0.0839 e. The van der Waals surface area contributed by atoms with Gasteiger partial charge in [0, 0.05) is 4.83 Å². The maximum absolute atomic E-state index is 3.82. The Morgan fingerprint density at radius 3 is 1.57 bits per heavy atom. The molecule has 1 aromatic rings. The number of alkyl halides is 1. The summed E-state index contributed by atoms with van der Waals surface area (Å²) in [5, 5.41) is 0. The average Bonchev–Trinajstić information content (AvgIpc) is 2.59. The van der Waals surface area contributed by atoms with Gasteiger partial charge < -0.3 is 0 Å². The van der Waals surface area contributed by atoms with E-state index in [1.807, 2.05) is 0 Å². The molecule has 0 nitrogen and oxygen atoms in total. The first kappa shape index (κ1) is 20.7. The average molecular weight is 381 g/mol. The molecule has 0 aromatic heterocycles. The second kappa shape index (κ2) is 15.2. The normalized spacial score (nSPS) is 12.4. The third kappa shape index (κ3) is 11.8. The van der Waals surface area contributed by atoms with Gasteiger partial charge in [0.05, 0.1) is 0 Å². The maximum Gasteiger partial charge on any atom is 0.0395 e. The second-order valence-electron chi connectivity index (χ2n) is 6.91. The van der Waals surface area contributed by atoms with Crippen molar-refractivity contribution in [1.82, 2.24) is 0 Å². The van der Waals surface area contributed by atoms with Crippen molar-refractivity contribution in [3.63, 3.8) is 0 Å². The van der Waals surface area contributed by atoms with Gasteiger partial charge in [0.25, 0.3) is 0 Å². The van der Waals surface area contributed by atoms with Gasteiger partial charge in [-0.1, -0.05) is 137 Å². The highest BCUT2D eigenvalue weighted by molar-refractivity contribution is 9.09. The third-order valence-electron chi connectivity index (χ3n) is 4.72. The zero-order valence-corrected chi connectivity index (χ0v) is 16.8. The van der Waals surface area contributed by atoms with Crippen LogP contribution in [0.25, 0.3) is 0 Å². The summed E-state index contributed by atoms with van der Waals surface area (Å²) in [6.45, 7) is 2.29. The molecule has 132 valence electrons. The van der Waals surface area contributed by atoms with Gasteiger partial charge in [0.2, 0.25) is 0 Å². The highest BCUT2D eigenvalue weighted by atomic mass is 79.9. The Hall–Kier alpha value is -0.300. The molecule has 0 radical (unpaired) electrons. The van der Waals surface area contributed by atoms with E-state index in [1.165, 1.54) is 95.5 Å². The molecule has 23 heavy (non-hydrogen) atoms. The van der Waals surface area contributed by atoms with Crippen LogP contribution in [0.5, 0.6) is 0 Å². The van der Waals surface area contributed by atoms with E-state index in [0.29, 0.717) is 4.83 Å². The molecule has 0 amide bonds. The minimum atomic E-state index is 0.538. The SMILES string of the molecule is CCCCCCCCCCCCCCCC(Br)c1ccccc1. The zero-order chi connectivity index (χ0) is 16.6. The maximum atomic E-state index is 3.82. The molecular formula is C22H37Br. The van der Waals surface area contributed by atoms with Crippen LogP contribution < -0.4 is 0 Å². The van der Waals surface area contributed by atoms with Gasteiger partial charge in [-0.2, -0.15) is 0 Å². The molecule has 0 bridgehead atoms. The summed E-state index contributed by atoms with van der Waals surface area (Å²) >= 11 is 3.82. The summed E-state index contributed by atoms with van der Waals surface area (Å²) in [7, 11) is 0. The van der Waals surface area contributed by atoms with Crippen molar-refractivity contribution in [1.29, 1.82) is 0 Å². The Kier molecular flexibility index (Phi) is 13.7. The molecule has 0 saturated carbocycles. The Morgan fingerprint density at radius 1 is 0.652 bits per heavy atom. The molecule has 0 N–H and O–H groups in total. The van der Waals surface area contributed by atoms with Gasteiger partial charge in [-0.15, -0.1) is 0 Å². The van der Waals surface area contributed by atoms with Crippen LogP contribution in [0.4, 0.5) is 0 Å². The standard InChI is InChI=1S/C22H37Br/c1-2-3-4-5-6-7-8-9-10-11-12-13-17-20-22(23)21-18-15-14-16-19-21/h14-16,18-19,22H,2-13,17,20H2,1H3. The fraction of sp³-hybridized carbons (Fsp3) is 0.727. The molecule has 0 heterocycles. The van der Waals surface area contributed by atoms with Crippen molar-refractivity contribution in [3.05, 3.63) is 35.9 Å². The zero-order valence-electron chi connectivity index (χ0n) is 15.2. The molecule has 1 unspecified atom stereocenters. The lowest BCUT2D eigenvalue weighted by molar-refractivity contribution is 0.535. The first-order valence-electron chi connectivity index (χ1n) is 10.0. The number of hydrogen-bond donors (Lipinski definition) is 0. The minimum absolute atomic E-state index is 0.538. The van der Waals surface area contributed by atoms with E-state index in [1.54, 1.807) is 0 Å². The van der Waals surface area contributed by atoms with Crippen LogP contribution in [0.2, 0.25) is 0 Å². The van der Waals surface area contributed by atoms with Crippen LogP contribution in [-0.2, 0) is 0 Å². The number of halogens is 1. The molecule has 1 aromatic carbocycles. The van der Waals surface area contributed by atoms with Crippen molar-refractivity contribution in [2.75, 3.05) is 0 Å². The summed E-state index contributed by atoms with van der Waals surface area (Å²) in [5.74, 6) is 0. The van der Waals surface area contributed by atoms with Crippen molar-refractivity contribution in [2.45, 2.75) is 102 Å². The second-order valence-corrected chi connectivity index (χ2v) is 8.01. The molecule has 0 aliphatic rings. The van der Waals surface area contributed by atoms with E-state index < -0.39 is 0 Å². The van der Waals surface area contributed by atoms with Crippen molar-refractivity contribution in [2.24, 2.45) is 0 Å². The fourth-order valence-corrected chi connectivity index (χ4v) is 3.80. The topological polar surface area (TPSA) is 0 Å². The Labute approximate surface area is 153 Å². The lowest BCUT2D eigenvalue weighted by Gasteiger charge is -2.09. The van der Waals surface area contributed by atoms with E-state index in [-0.39, 0.29) is 0 Å². The van der Waals surface area contributed by atoms with Crippen molar-refractivity contribution < 1.29 is 0 Å².